The fraction of sp³-hybridized carbons (Fsp3) is 0.714. The van der Waals surface area contributed by atoms with Crippen molar-refractivity contribution in [3.63, 3.8) is 0 Å². The molecule has 0 aromatic carbocycles. The molecule has 1 unspecified atom stereocenters. The standard InChI is InChI=1S/C7H13N/c1-2-7-5-3-4-6-8-7/h4,6-8H,2-3,5H2,1H3. The van der Waals surface area contributed by atoms with E-state index in [0.29, 0.717) is 0 Å². The fourth-order valence-electron chi connectivity index (χ4n) is 0.990. The first-order valence-corrected chi connectivity index (χ1v) is 3.34. The molecule has 1 nitrogen and oxygen atoms in total. The van der Waals surface area contributed by atoms with Gasteiger partial charge in [-0.2, -0.15) is 0 Å². The van der Waals surface area contributed by atoms with E-state index in [0.717, 1.165) is 6.04 Å². The van der Waals surface area contributed by atoms with Gasteiger partial charge >= 0.3 is 0 Å². The maximum atomic E-state index is 3.29. The van der Waals surface area contributed by atoms with E-state index in [1.54, 1.807) is 0 Å². The first kappa shape index (κ1) is 5.67. The second kappa shape index (κ2) is 2.75. The van der Waals surface area contributed by atoms with Gasteiger partial charge in [0, 0.05) is 6.04 Å². The molecule has 0 bridgehead atoms. The quantitative estimate of drug-likeness (QED) is 0.542. The van der Waals surface area contributed by atoms with Crippen LogP contribution in [0.3, 0.4) is 0 Å². The fourth-order valence-corrected chi connectivity index (χ4v) is 0.990. The summed E-state index contributed by atoms with van der Waals surface area (Å²) in [5, 5.41) is 3.29. The summed E-state index contributed by atoms with van der Waals surface area (Å²) in [5.74, 6) is 0. The van der Waals surface area contributed by atoms with Crippen LogP contribution >= 0.6 is 0 Å². The van der Waals surface area contributed by atoms with Crippen LogP contribution in [0.25, 0.3) is 0 Å². The Hall–Kier alpha value is -0.460. The molecule has 0 fully saturated rings. The van der Waals surface area contributed by atoms with E-state index >= 15 is 0 Å². The third-order valence-electron chi connectivity index (χ3n) is 1.62. The molecule has 0 saturated carbocycles. The van der Waals surface area contributed by atoms with Crippen molar-refractivity contribution in [1.29, 1.82) is 0 Å². The SMILES string of the molecule is CCC1CCC=CN1. The molecule has 0 aromatic heterocycles. The Labute approximate surface area is 50.8 Å². The summed E-state index contributed by atoms with van der Waals surface area (Å²) < 4.78 is 0. The van der Waals surface area contributed by atoms with Crippen LogP contribution in [0.1, 0.15) is 26.2 Å². The molecule has 0 amide bonds. The zero-order valence-corrected chi connectivity index (χ0v) is 5.35. The average Bonchev–Trinajstić information content (AvgIpc) is 1.90. The monoisotopic (exact) mass is 111 g/mol. The van der Waals surface area contributed by atoms with Crippen LogP contribution in [0.2, 0.25) is 0 Å². The van der Waals surface area contributed by atoms with Gasteiger partial charge in [0.05, 0.1) is 0 Å². The molecule has 1 heterocycles. The molecule has 1 heteroatoms. The first-order valence-electron chi connectivity index (χ1n) is 3.34. The van der Waals surface area contributed by atoms with Gasteiger partial charge in [0.25, 0.3) is 0 Å². The molecule has 1 aliphatic heterocycles. The zero-order valence-electron chi connectivity index (χ0n) is 5.35. The van der Waals surface area contributed by atoms with E-state index in [2.05, 4.69) is 24.5 Å². The molecule has 1 N–H and O–H groups in total. The maximum Gasteiger partial charge on any atom is 0.0256 e. The molecule has 1 atom stereocenters. The number of hydrogen-bond donors (Lipinski definition) is 1. The van der Waals surface area contributed by atoms with Crippen molar-refractivity contribution >= 4 is 0 Å². The van der Waals surface area contributed by atoms with Crippen LogP contribution < -0.4 is 5.32 Å². The number of nitrogens with one attached hydrogen (secondary N) is 1. The van der Waals surface area contributed by atoms with E-state index < -0.39 is 0 Å². The minimum Gasteiger partial charge on any atom is -0.388 e. The highest BCUT2D eigenvalue weighted by atomic mass is 14.9. The van der Waals surface area contributed by atoms with Gasteiger partial charge in [-0.3, -0.25) is 0 Å². The third-order valence-corrected chi connectivity index (χ3v) is 1.62. The molecular formula is C7H13N. The molecule has 0 saturated heterocycles. The molecule has 0 radical (unpaired) electrons. The second-order valence-corrected chi connectivity index (χ2v) is 2.25. The van der Waals surface area contributed by atoms with Crippen LogP contribution in [0, 0.1) is 0 Å². The maximum absolute atomic E-state index is 3.29. The van der Waals surface area contributed by atoms with E-state index in [1.807, 2.05) is 0 Å². The molecule has 0 aliphatic carbocycles. The summed E-state index contributed by atoms with van der Waals surface area (Å²) in [4.78, 5) is 0. The van der Waals surface area contributed by atoms with Crippen LogP contribution in [0.5, 0.6) is 0 Å². The Kier molecular flexibility index (Phi) is 1.95. The van der Waals surface area contributed by atoms with Gasteiger partial charge in [-0.05, 0) is 25.5 Å². The van der Waals surface area contributed by atoms with Gasteiger partial charge in [-0.1, -0.05) is 13.0 Å². The molecule has 1 aliphatic rings. The van der Waals surface area contributed by atoms with Crippen LogP contribution in [0.4, 0.5) is 0 Å². The van der Waals surface area contributed by atoms with Crippen molar-refractivity contribution < 1.29 is 0 Å². The lowest BCUT2D eigenvalue weighted by atomic mass is 10.1. The molecule has 1 rings (SSSR count). The van der Waals surface area contributed by atoms with Gasteiger partial charge < -0.3 is 5.32 Å². The van der Waals surface area contributed by atoms with Gasteiger partial charge in [-0.25, -0.2) is 0 Å². The molecular weight excluding hydrogens is 98.1 g/mol. The van der Waals surface area contributed by atoms with Crippen molar-refractivity contribution in [2.75, 3.05) is 0 Å². The van der Waals surface area contributed by atoms with Crippen molar-refractivity contribution in [3.05, 3.63) is 12.3 Å². The third kappa shape index (κ3) is 1.25. The predicted octanol–water partition coefficient (Wildman–Crippen LogP) is 1.66. The van der Waals surface area contributed by atoms with E-state index in [4.69, 9.17) is 0 Å². The number of allylic oxidation sites excluding steroid dienone is 1. The first-order chi connectivity index (χ1) is 3.93. The largest absolute Gasteiger partial charge is 0.388 e. The lowest BCUT2D eigenvalue weighted by molar-refractivity contribution is 0.512. The summed E-state index contributed by atoms with van der Waals surface area (Å²) in [6.07, 6.45) is 8.08. The Morgan fingerprint density at radius 3 is 3.00 bits per heavy atom. The van der Waals surface area contributed by atoms with Gasteiger partial charge in [0.2, 0.25) is 0 Å². The summed E-state index contributed by atoms with van der Waals surface area (Å²) >= 11 is 0. The van der Waals surface area contributed by atoms with Crippen LogP contribution in [-0.2, 0) is 0 Å². The smallest absolute Gasteiger partial charge is 0.0256 e. The second-order valence-electron chi connectivity index (χ2n) is 2.25. The van der Waals surface area contributed by atoms with Gasteiger partial charge in [-0.15, -0.1) is 0 Å². The highest BCUT2D eigenvalue weighted by Gasteiger charge is 2.03. The minimum atomic E-state index is 0.750. The number of hydrogen-bond acceptors (Lipinski definition) is 1. The molecule has 8 heavy (non-hydrogen) atoms. The van der Waals surface area contributed by atoms with Crippen LogP contribution in [-0.4, -0.2) is 6.04 Å². The van der Waals surface area contributed by atoms with Crippen LogP contribution in [0.15, 0.2) is 12.3 Å². The van der Waals surface area contributed by atoms with Crippen molar-refractivity contribution in [2.45, 2.75) is 32.2 Å². The lowest BCUT2D eigenvalue weighted by Gasteiger charge is -2.17. The Balaban J connectivity index is 2.27. The lowest BCUT2D eigenvalue weighted by Crippen LogP contribution is -2.25. The predicted molar refractivity (Wildman–Crippen MR) is 35.6 cm³/mol. The van der Waals surface area contributed by atoms with E-state index in [1.165, 1.54) is 19.3 Å². The topological polar surface area (TPSA) is 12.0 Å². The van der Waals surface area contributed by atoms with Gasteiger partial charge in [0.15, 0.2) is 0 Å². The van der Waals surface area contributed by atoms with Crippen molar-refractivity contribution in [1.82, 2.24) is 5.32 Å². The molecule has 0 spiro atoms. The summed E-state index contributed by atoms with van der Waals surface area (Å²) in [6.45, 7) is 2.22. The van der Waals surface area contributed by atoms with Crippen molar-refractivity contribution in [2.24, 2.45) is 0 Å². The Morgan fingerprint density at radius 1 is 1.75 bits per heavy atom. The molecule has 0 aromatic rings. The Morgan fingerprint density at radius 2 is 2.62 bits per heavy atom. The summed E-state index contributed by atoms with van der Waals surface area (Å²) in [6, 6.07) is 0.750. The van der Waals surface area contributed by atoms with Gasteiger partial charge in [0.1, 0.15) is 0 Å². The average molecular weight is 111 g/mol. The Bertz CT molecular complexity index is 86.4. The molecule has 46 valence electrons. The highest BCUT2D eigenvalue weighted by Crippen LogP contribution is 2.05. The number of rotatable bonds is 1. The van der Waals surface area contributed by atoms with Crippen molar-refractivity contribution in [3.8, 4) is 0 Å². The van der Waals surface area contributed by atoms with E-state index in [-0.39, 0.29) is 0 Å². The highest BCUT2D eigenvalue weighted by molar-refractivity contribution is 4.89. The zero-order chi connectivity index (χ0) is 5.82. The summed E-state index contributed by atoms with van der Waals surface area (Å²) in [5.41, 5.74) is 0. The normalized spacial score (nSPS) is 27.4. The van der Waals surface area contributed by atoms with E-state index in [9.17, 15) is 0 Å². The minimum absolute atomic E-state index is 0.750. The summed E-state index contributed by atoms with van der Waals surface area (Å²) in [7, 11) is 0.